The lowest BCUT2D eigenvalue weighted by Crippen LogP contribution is -2.04. The first-order chi connectivity index (χ1) is 7.66. The Bertz CT molecular complexity index is 540. The van der Waals surface area contributed by atoms with Crippen LogP contribution in [-0.2, 0) is 11.2 Å². The van der Waals surface area contributed by atoms with E-state index in [1.807, 2.05) is 24.3 Å². The molecular weight excluding hydrogens is 206 g/mol. The number of hydrogen-bond acceptors (Lipinski definition) is 4. The lowest BCUT2D eigenvalue weighted by Gasteiger charge is -2.03. The molecule has 5 heteroatoms. The van der Waals surface area contributed by atoms with Crippen LogP contribution in [0.2, 0.25) is 0 Å². The smallest absolute Gasteiger partial charge is 0.303 e. The second-order valence-electron chi connectivity index (χ2n) is 3.44. The summed E-state index contributed by atoms with van der Waals surface area (Å²) in [5, 5.41) is 9.36. The number of para-hydroxylation sites is 1. The monoisotopic (exact) mass is 217 g/mol. The van der Waals surface area contributed by atoms with Gasteiger partial charge in [-0.25, -0.2) is 9.97 Å². The van der Waals surface area contributed by atoms with Crippen molar-refractivity contribution in [3.8, 4) is 0 Å². The summed E-state index contributed by atoms with van der Waals surface area (Å²) in [6.07, 6.45) is 0.308. The highest BCUT2D eigenvalue weighted by Crippen LogP contribution is 2.17. The van der Waals surface area contributed by atoms with Crippen molar-refractivity contribution >= 4 is 22.7 Å². The number of hydrogen-bond donors (Lipinski definition) is 2. The van der Waals surface area contributed by atoms with E-state index in [-0.39, 0.29) is 6.42 Å². The molecule has 0 spiro atoms. The Kier molecular flexibility index (Phi) is 2.68. The number of aromatic nitrogens is 2. The Hall–Kier alpha value is -2.17. The van der Waals surface area contributed by atoms with Gasteiger partial charge in [0.1, 0.15) is 11.6 Å². The van der Waals surface area contributed by atoms with Crippen molar-refractivity contribution in [3.63, 3.8) is 0 Å². The Morgan fingerprint density at radius 1 is 1.31 bits per heavy atom. The van der Waals surface area contributed by atoms with Crippen molar-refractivity contribution in [2.75, 3.05) is 5.73 Å². The third-order valence-electron chi connectivity index (χ3n) is 2.24. The Morgan fingerprint density at radius 2 is 2.06 bits per heavy atom. The molecular formula is C11H11N3O2. The predicted molar refractivity (Wildman–Crippen MR) is 59.9 cm³/mol. The third-order valence-corrected chi connectivity index (χ3v) is 2.24. The summed E-state index contributed by atoms with van der Waals surface area (Å²) >= 11 is 0. The van der Waals surface area contributed by atoms with Crippen molar-refractivity contribution in [1.29, 1.82) is 0 Å². The molecule has 0 bridgehead atoms. The van der Waals surface area contributed by atoms with Crippen LogP contribution >= 0.6 is 0 Å². The van der Waals surface area contributed by atoms with Crippen LogP contribution in [0.25, 0.3) is 10.9 Å². The fourth-order valence-corrected chi connectivity index (χ4v) is 1.48. The zero-order chi connectivity index (χ0) is 11.5. The summed E-state index contributed by atoms with van der Waals surface area (Å²) < 4.78 is 0. The molecule has 0 radical (unpaired) electrons. The van der Waals surface area contributed by atoms with E-state index in [1.165, 1.54) is 0 Å². The summed E-state index contributed by atoms with van der Waals surface area (Å²) in [5.41, 5.74) is 6.51. The number of aryl methyl sites for hydroxylation is 1. The molecule has 1 heterocycles. The van der Waals surface area contributed by atoms with Crippen LogP contribution in [0.15, 0.2) is 24.3 Å². The van der Waals surface area contributed by atoms with Crippen LogP contribution in [0.4, 0.5) is 5.82 Å². The van der Waals surface area contributed by atoms with Crippen LogP contribution in [0.1, 0.15) is 12.2 Å². The number of nitrogens with two attached hydrogens (primary N) is 1. The van der Waals surface area contributed by atoms with E-state index < -0.39 is 5.97 Å². The predicted octanol–water partition coefficient (Wildman–Crippen LogP) is 1.23. The standard InChI is InChI=1S/C11H11N3O2/c12-11-7-3-1-2-4-8(7)13-9(14-11)5-6-10(15)16/h1-4H,5-6H2,(H,15,16)(H2,12,13,14). The summed E-state index contributed by atoms with van der Waals surface area (Å²) in [6, 6.07) is 7.39. The molecule has 0 fully saturated rings. The zero-order valence-corrected chi connectivity index (χ0v) is 8.55. The molecule has 16 heavy (non-hydrogen) atoms. The van der Waals surface area contributed by atoms with Gasteiger partial charge < -0.3 is 10.8 Å². The number of benzene rings is 1. The molecule has 0 aliphatic rings. The molecule has 0 aliphatic heterocycles. The maximum absolute atomic E-state index is 10.4. The quantitative estimate of drug-likeness (QED) is 0.807. The van der Waals surface area contributed by atoms with Crippen LogP contribution in [-0.4, -0.2) is 21.0 Å². The van der Waals surface area contributed by atoms with Gasteiger partial charge in [-0.15, -0.1) is 0 Å². The number of anilines is 1. The fourth-order valence-electron chi connectivity index (χ4n) is 1.48. The highest BCUT2D eigenvalue weighted by atomic mass is 16.4. The molecule has 1 aromatic heterocycles. The van der Waals surface area contributed by atoms with E-state index in [1.54, 1.807) is 0 Å². The first-order valence-electron chi connectivity index (χ1n) is 4.90. The number of carboxylic acid groups (broad SMARTS) is 1. The van der Waals surface area contributed by atoms with Crippen molar-refractivity contribution in [2.24, 2.45) is 0 Å². The molecule has 0 unspecified atom stereocenters. The average molecular weight is 217 g/mol. The van der Waals surface area contributed by atoms with E-state index in [9.17, 15) is 4.79 Å². The van der Waals surface area contributed by atoms with Gasteiger partial charge in [-0.2, -0.15) is 0 Å². The van der Waals surface area contributed by atoms with Gasteiger partial charge in [0, 0.05) is 11.8 Å². The maximum Gasteiger partial charge on any atom is 0.303 e. The molecule has 2 aromatic rings. The van der Waals surface area contributed by atoms with Gasteiger partial charge in [0.2, 0.25) is 0 Å². The number of nitrogen functional groups attached to an aromatic ring is 1. The highest BCUT2D eigenvalue weighted by molar-refractivity contribution is 5.87. The average Bonchev–Trinajstić information content (AvgIpc) is 2.26. The van der Waals surface area contributed by atoms with Gasteiger partial charge in [-0.05, 0) is 12.1 Å². The largest absolute Gasteiger partial charge is 0.481 e. The minimum Gasteiger partial charge on any atom is -0.481 e. The van der Waals surface area contributed by atoms with Crippen molar-refractivity contribution in [1.82, 2.24) is 9.97 Å². The van der Waals surface area contributed by atoms with E-state index in [0.717, 1.165) is 10.9 Å². The highest BCUT2D eigenvalue weighted by Gasteiger charge is 2.06. The molecule has 0 atom stereocenters. The number of nitrogens with zero attached hydrogens (tertiary/aromatic N) is 2. The second-order valence-corrected chi connectivity index (χ2v) is 3.44. The van der Waals surface area contributed by atoms with E-state index in [4.69, 9.17) is 10.8 Å². The van der Waals surface area contributed by atoms with Crippen molar-refractivity contribution < 1.29 is 9.90 Å². The van der Waals surface area contributed by atoms with Crippen LogP contribution in [0, 0.1) is 0 Å². The molecule has 0 amide bonds. The minimum atomic E-state index is -0.865. The van der Waals surface area contributed by atoms with Crippen molar-refractivity contribution in [2.45, 2.75) is 12.8 Å². The molecule has 3 N–H and O–H groups in total. The van der Waals surface area contributed by atoms with Gasteiger partial charge >= 0.3 is 5.97 Å². The summed E-state index contributed by atoms with van der Waals surface area (Å²) in [5.74, 6) is -0.0000752. The van der Waals surface area contributed by atoms with Crippen LogP contribution in [0.3, 0.4) is 0 Å². The molecule has 2 rings (SSSR count). The second kappa shape index (κ2) is 4.14. The fraction of sp³-hybridized carbons (Fsp3) is 0.182. The molecule has 5 nitrogen and oxygen atoms in total. The first kappa shape index (κ1) is 10.4. The number of aliphatic carboxylic acids is 1. The minimum absolute atomic E-state index is 0.0117. The van der Waals surface area contributed by atoms with E-state index in [2.05, 4.69) is 9.97 Å². The first-order valence-corrected chi connectivity index (χ1v) is 4.90. The molecule has 1 aromatic carbocycles. The molecule has 0 aliphatic carbocycles. The normalized spacial score (nSPS) is 10.5. The molecule has 82 valence electrons. The zero-order valence-electron chi connectivity index (χ0n) is 8.55. The van der Waals surface area contributed by atoms with Gasteiger partial charge in [0.05, 0.1) is 11.9 Å². The molecule has 0 saturated carbocycles. The summed E-state index contributed by atoms with van der Waals surface area (Å²) in [7, 11) is 0. The van der Waals surface area contributed by atoms with Crippen molar-refractivity contribution in [3.05, 3.63) is 30.1 Å². The van der Waals surface area contributed by atoms with E-state index in [0.29, 0.717) is 18.1 Å². The van der Waals surface area contributed by atoms with Crippen LogP contribution < -0.4 is 5.73 Å². The lowest BCUT2D eigenvalue weighted by molar-refractivity contribution is -0.137. The van der Waals surface area contributed by atoms with Crippen LogP contribution in [0.5, 0.6) is 0 Å². The Balaban J connectivity index is 2.38. The Labute approximate surface area is 91.9 Å². The van der Waals surface area contributed by atoms with Gasteiger partial charge in [-0.3, -0.25) is 4.79 Å². The third kappa shape index (κ3) is 2.08. The topological polar surface area (TPSA) is 89.1 Å². The van der Waals surface area contributed by atoms with Gasteiger partial charge in [0.25, 0.3) is 0 Å². The van der Waals surface area contributed by atoms with Gasteiger partial charge in [-0.1, -0.05) is 12.1 Å². The SMILES string of the molecule is Nc1nc(CCC(=O)O)nc2ccccc12. The number of rotatable bonds is 3. The molecule has 0 saturated heterocycles. The number of carbonyl (C=O) groups is 1. The Morgan fingerprint density at radius 3 is 2.81 bits per heavy atom. The summed E-state index contributed by atoms with van der Waals surface area (Å²) in [6.45, 7) is 0. The lowest BCUT2D eigenvalue weighted by atomic mass is 10.2. The van der Waals surface area contributed by atoms with E-state index >= 15 is 0 Å². The maximum atomic E-state index is 10.4. The van der Waals surface area contributed by atoms with Gasteiger partial charge in [0.15, 0.2) is 0 Å². The summed E-state index contributed by atoms with van der Waals surface area (Å²) in [4.78, 5) is 18.8. The number of fused-ring (bicyclic) bond motifs is 1. The number of carboxylic acids is 1.